The van der Waals surface area contributed by atoms with E-state index in [0.717, 1.165) is 4.90 Å². The minimum atomic E-state index is -4.73. The Kier molecular flexibility index (Phi) is 3.59. The lowest BCUT2D eigenvalue weighted by atomic mass is 10.0. The van der Waals surface area contributed by atoms with E-state index in [9.17, 15) is 18.0 Å². The summed E-state index contributed by atoms with van der Waals surface area (Å²) in [6.45, 7) is 0.391. The van der Waals surface area contributed by atoms with Crippen LogP contribution in [-0.2, 0) is 4.79 Å². The molecular weight excluding hydrogens is 209 g/mol. The first-order valence-corrected chi connectivity index (χ1v) is 4.85. The van der Waals surface area contributed by atoms with Crippen LogP contribution >= 0.6 is 0 Å². The molecule has 1 fully saturated rings. The Morgan fingerprint density at radius 2 is 1.73 bits per heavy atom. The van der Waals surface area contributed by atoms with E-state index in [1.807, 2.05) is 19.0 Å². The van der Waals surface area contributed by atoms with Gasteiger partial charge in [-0.3, -0.25) is 4.79 Å². The smallest absolute Gasteiger partial charge is 0.335 e. The van der Waals surface area contributed by atoms with Crippen molar-refractivity contribution in [3.63, 3.8) is 0 Å². The number of alkyl halides is 3. The molecule has 1 aliphatic rings. The number of piperidine rings is 1. The van der Waals surface area contributed by atoms with Gasteiger partial charge in [0.15, 0.2) is 0 Å². The van der Waals surface area contributed by atoms with Gasteiger partial charge in [0.2, 0.25) is 0 Å². The van der Waals surface area contributed by atoms with Gasteiger partial charge in [-0.25, -0.2) is 0 Å². The van der Waals surface area contributed by atoms with Crippen molar-refractivity contribution in [1.82, 2.24) is 9.80 Å². The molecule has 0 saturated carbocycles. The van der Waals surface area contributed by atoms with Crippen molar-refractivity contribution in [2.75, 3.05) is 27.2 Å². The molecule has 0 aliphatic carbocycles. The molecule has 1 rings (SSSR count). The van der Waals surface area contributed by atoms with Crippen molar-refractivity contribution in [3.05, 3.63) is 0 Å². The van der Waals surface area contributed by atoms with Gasteiger partial charge in [0, 0.05) is 19.1 Å². The van der Waals surface area contributed by atoms with Crippen LogP contribution in [0, 0.1) is 0 Å². The lowest BCUT2D eigenvalue weighted by Gasteiger charge is -2.35. The Hall–Kier alpha value is -0.780. The highest BCUT2D eigenvalue weighted by Gasteiger charge is 2.43. The number of nitrogens with zero attached hydrogens (tertiary/aromatic N) is 2. The van der Waals surface area contributed by atoms with E-state index in [2.05, 4.69) is 0 Å². The quantitative estimate of drug-likeness (QED) is 0.666. The molecule has 0 aromatic carbocycles. The monoisotopic (exact) mass is 224 g/mol. The predicted octanol–water partition coefficient (Wildman–Crippen LogP) is 1.10. The third-order valence-electron chi connectivity index (χ3n) is 2.72. The highest BCUT2D eigenvalue weighted by atomic mass is 19.4. The van der Waals surface area contributed by atoms with Crippen LogP contribution in [0.5, 0.6) is 0 Å². The van der Waals surface area contributed by atoms with Crippen molar-refractivity contribution in [2.24, 2.45) is 0 Å². The largest absolute Gasteiger partial charge is 0.471 e. The fourth-order valence-electron chi connectivity index (χ4n) is 1.76. The Morgan fingerprint density at radius 3 is 2.07 bits per heavy atom. The number of rotatable bonds is 1. The Bertz CT molecular complexity index is 232. The summed E-state index contributed by atoms with van der Waals surface area (Å²) in [7, 11) is 3.79. The van der Waals surface area contributed by atoms with Crippen LogP contribution in [0.25, 0.3) is 0 Å². The maximum Gasteiger partial charge on any atom is 0.471 e. The van der Waals surface area contributed by atoms with Gasteiger partial charge in [-0.2, -0.15) is 13.2 Å². The summed E-state index contributed by atoms with van der Waals surface area (Å²) >= 11 is 0. The molecule has 88 valence electrons. The maximum absolute atomic E-state index is 12.1. The van der Waals surface area contributed by atoms with E-state index in [4.69, 9.17) is 0 Å². The first-order chi connectivity index (χ1) is 6.82. The van der Waals surface area contributed by atoms with E-state index >= 15 is 0 Å². The average molecular weight is 224 g/mol. The lowest BCUT2D eigenvalue weighted by Crippen LogP contribution is -2.48. The van der Waals surface area contributed by atoms with E-state index in [-0.39, 0.29) is 19.1 Å². The van der Waals surface area contributed by atoms with Gasteiger partial charge in [-0.15, -0.1) is 0 Å². The summed E-state index contributed by atoms with van der Waals surface area (Å²) in [5, 5.41) is 0. The summed E-state index contributed by atoms with van der Waals surface area (Å²) in [5.74, 6) is -1.71. The normalized spacial score (nSPS) is 19.7. The van der Waals surface area contributed by atoms with E-state index < -0.39 is 12.1 Å². The molecule has 0 unspecified atom stereocenters. The first-order valence-electron chi connectivity index (χ1n) is 4.85. The van der Waals surface area contributed by atoms with Crippen molar-refractivity contribution in [2.45, 2.75) is 25.1 Å². The molecule has 0 radical (unpaired) electrons. The number of carbonyl (C=O) groups excluding carboxylic acids is 1. The zero-order chi connectivity index (χ0) is 11.6. The zero-order valence-corrected chi connectivity index (χ0v) is 8.84. The Labute approximate surface area is 86.8 Å². The fraction of sp³-hybridized carbons (Fsp3) is 0.889. The second kappa shape index (κ2) is 4.38. The highest BCUT2D eigenvalue weighted by molar-refractivity contribution is 5.81. The van der Waals surface area contributed by atoms with E-state index in [1.54, 1.807) is 0 Å². The number of halogens is 3. The second-order valence-corrected chi connectivity index (χ2v) is 3.98. The topological polar surface area (TPSA) is 23.6 Å². The molecule has 6 heteroatoms. The molecule has 0 aromatic rings. The standard InChI is InChI=1S/C9H15F3N2O/c1-13(2)7-3-5-14(6-4-7)8(15)9(10,11)12/h7H,3-6H2,1-2H3. The van der Waals surface area contributed by atoms with Gasteiger partial charge >= 0.3 is 12.1 Å². The molecular formula is C9H15F3N2O. The third kappa shape index (κ3) is 3.09. The van der Waals surface area contributed by atoms with Crippen molar-refractivity contribution in [1.29, 1.82) is 0 Å². The Morgan fingerprint density at radius 1 is 1.27 bits per heavy atom. The van der Waals surface area contributed by atoms with Crippen LogP contribution in [0.3, 0.4) is 0 Å². The minimum Gasteiger partial charge on any atom is -0.335 e. The number of amides is 1. The summed E-state index contributed by atoms with van der Waals surface area (Å²) in [6.07, 6.45) is -3.52. The van der Waals surface area contributed by atoms with Gasteiger partial charge in [0.25, 0.3) is 0 Å². The van der Waals surface area contributed by atoms with Gasteiger partial charge in [0.1, 0.15) is 0 Å². The van der Waals surface area contributed by atoms with Crippen LogP contribution in [0.1, 0.15) is 12.8 Å². The summed E-state index contributed by atoms with van der Waals surface area (Å²) in [6, 6.07) is 0.280. The van der Waals surface area contributed by atoms with Gasteiger partial charge in [0.05, 0.1) is 0 Å². The molecule has 1 heterocycles. The molecule has 15 heavy (non-hydrogen) atoms. The van der Waals surface area contributed by atoms with Crippen molar-refractivity contribution < 1.29 is 18.0 Å². The second-order valence-electron chi connectivity index (χ2n) is 3.98. The van der Waals surface area contributed by atoms with Gasteiger partial charge in [-0.05, 0) is 26.9 Å². The van der Waals surface area contributed by atoms with Crippen LogP contribution in [0.15, 0.2) is 0 Å². The fourth-order valence-corrected chi connectivity index (χ4v) is 1.76. The van der Waals surface area contributed by atoms with Crippen LogP contribution in [0.4, 0.5) is 13.2 Å². The molecule has 1 amide bonds. The SMILES string of the molecule is CN(C)C1CCN(C(=O)C(F)(F)F)CC1. The average Bonchev–Trinajstić information content (AvgIpc) is 2.15. The van der Waals surface area contributed by atoms with Crippen LogP contribution < -0.4 is 0 Å². The predicted molar refractivity (Wildman–Crippen MR) is 49.3 cm³/mol. The molecule has 0 atom stereocenters. The number of carbonyl (C=O) groups is 1. The zero-order valence-electron chi connectivity index (χ0n) is 8.84. The van der Waals surface area contributed by atoms with Crippen LogP contribution in [0.2, 0.25) is 0 Å². The number of likely N-dealkylation sites (tertiary alicyclic amines) is 1. The summed E-state index contributed by atoms with van der Waals surface area (Å²) in [4.78, 5) is 13.8. The van der Waals surface area contributed by atoms with Crippen molar-refractivity contribution in [3.8, 4) is 0 Å². The van der Waals surface area contributed by atoms with E-state index in [1.165, 1.54) is 0 Å². The highest BCUT2D eigenvalue weighted by Crippen LogP contribution is 2.22. The van der Waals surface area contributed by atoms with Crippen molar-refractivity contribution >= 4 is 5.91 Å². The first kappa shape index (κ1) is 12.3. The maximum atomic E-state index is 12.1. The van der Waals surface area contributed by atoms with E-state index in [0.29, 0.717) is 12.8 Å². The summed E-state index contributed by atoms with van der Waals surface area (Å²) in [5.41, 5.74) is 0. The number of hydrogen-bond donors (Lipinski definition) is 0. The number of hydrogen-bond acceptors (Lipinski definition) is 2. The molecule has 1 aliphatic heterocycles. The molecule has 0 bridgehead atoms. The molecule has 0 N–H and O–H groups in total. The molecule has 3 nitrogen and oxygen atoms in total. The third-order valence-corrected chi connectivity index (χ3v) is 2.72. The molecule has 1 saturated heterocycles. The lowest BCUT2D eigenvalue weighted by molar-refractivity contribution is -0.186. The van der Waals surface area contributed by atoms with Gasteiger partial charge < -0.3 is 9.80 Å². The summed E-state index contributed by atoms with van der Waals surface area (Å²) < 4.78 is 36.3. The molecule has 0 spiro atoms. The van der Waals surface area contributed by atoms with Crippen LogP contribution in [-0.4, -0.2) is 55.1 Å². The Balaban J connectivity index is 2.48. The molecule has 0 aromatic heterocycles. The van der Waals surface area contributed by atoms with Gasteiger partial charge in [-0.1, -0.05) is 0 Å². The minimum absolute atomic E-state index is 0.196.